The third-order valence-electron chi connectivity index (χ3n) is 9.60. The molecule has 0 radical (unpaired) electrons. The topological polar surface area (TPSA) is 401 Å². The van der Waals surface area contributed by atoms with Crippen LogP contribution < -0.4 is 10.6 Å². The van der Waals surface area contributed by atoms with Gasteiger partial charge < -0.3 is 98.9 Å². The minimum absolute atomic E-state index is 0.00358. The number of amides is 4. The van der Waals surface area contributed by atoms with E-state index < -0.39 is 147 Å². The first-order chi connectivity index (χ1) is 34.1. The predicted octanol–water partition coefficient (Wildman–Crippen LogP) is -4.30. The van der Waals surface area contributed by atoms with Gasteiger partial charge in [-0.05, 0) is 25.7 Å². The third kappa shape index (κ3) is 31.0. The molecule has 0 bridgehead atoms. The molecule has 0 fully saturated rings. The molecule has 1 rings (SSSR count). The molecule has 0 saturated carbocycles. The van der Waals surface area contributed by atoms with Crippen molar-refractivity contribution >= 4 is 41.5 Å². The summed E-state index contributed by atoms with van der Waals surface area (Å²) >= 11 is 0. The fraction of sp³-hybridized carbons (Fsp3) is 0.791. The van der Waals surface area contributed by atoms with Gasteiger partial charge in [0.1, 0.15) is 37.6 Å². The van der Waals surface area contributed by atoms with Crippen molar-refractivity contribution in [3.63, 3.8) is 0 Å². The summed E-state index contributed by atoms with van der Waals surface area (Å²) in [6.07, 6.45) is -7.01. The van der Waals surface area contributed by atoms with Gasteiger partial charge in [0.05, 0.1) is 72.7 Å². The van der Waals surface area contributed by atoms with Gasteiger partial charge in [-0.2, -0.15) is 0 Å². The number of aliphatic carboxylic acids is 1. The number of aliphatic hydroxyl groups excluding tert-OH is 7. The molecule has 1 heterocycles. The van der Waals surface area contributed by atoms with E-state index in [9.17, 15) is 69.3 Å². The number of unbranched alkanes of at least 4 members (excludes halogenated alkanes) is 2. The number of hydrogen-bond donors (Lipinski definition) is 10. The van der Waals surface area contributed by atoms with E-state index in [-0.39, 0.29) is 88.3 Å². The Labute approximate surface area is 410 Å². The van der Waals surface area contributed by atoms with E-state index >= 15 is 0 Å². The van der Waals surface area contributed by atoms with Gasteiger partial charge in [-0.25, -0.2) is 0 Å². The maximum Gasteiger partial charge on any atom is 0.305 e. The van der Waals surface area contributed by atoms with Gasteiger partial charge in [0.2, 0.25) is 11.8 Å². The van der Waals surface area contributed by atoms with E-state index in [1.54, 1.807) is 0 Å². The number of rotatable bonds is 46. The lowest BCUT2D eigenvalue weighted by molar-refractivity contribution is -0.262. The molecule has 0 aromatic rings. The van der Waals surface area contributed by atoms with E-state index in [1.165, 1.54) is 19.2 Å². The van der Waals surface area contributed by atoms with Gasteiger partial charge in [-0.15, -0.1) is 0 Å². The van der Waals surface area contributed by atoms with Crippen molar-refractivity contribution in [3.05, 3.63) is 12.2 Å². The normalized spacial score (nSPS) is 15.5. The Morgan fingerprint density at radius 2 is 0.944 bits per heavy atom. The zero-order chi connectivity index (χ0) is 52.8. The second-order valence-corrected chi connectivity index (χ2v) is 15.4. The van der Waals surface area contributed by atoms with Gasteiger partial charge in [0, 0.05) is 64.4 Å². The molecule has 10 N–H and O–H groups in total. The molecule has 0 aromatic heterocycles. The molecule has 71 heavy (non-hydrogen) atoms. The number of aliphatic hydroxyl groups is 7. The molecule has 0 aliphatic carbocycles. The number of nitrogens with one attached hydrogen (secondary N) is 2. The van der Waals surface area contributed by atoms with Crippen LogP contribution >= 0.6 is 0 Å². The lowest BCUT2D eigenvalue weighted by Crippen LogP contribution is -2.41. The maximum atomic E-state index is 12.6. The minimum atomic E-state index is -1.55. The summed E-state index contributed by atoms with van der Waals surface area (Å²) in [6, 6.07) is 0. The van der Waals surface area contributed by atoms with Crippen molar-refractivity contribution in [2.24, 2.45) is 0 Å². The molecule has 7 atom stereocenters. The van der Waals surface area contributed by atoms with Crippen LogP contribution in [-0.2, 0) is 80.9 Å². The van der Waals surface area contributed by atoms with Crippen molar-refractivity contribution < 1.29 is 122 Å². The molecule has 0 spiro atoms. The Morgan fingerprint density at radius 3 is 1.41 bits per heavy atom. The minimum Gasteiger partial charge on any atom is -0.481 e. The molecule has 28 heteroatoms. The molecule has 410 valence electrons. The quantitative estimate of drug-likeness (QED) is 0.0119. The largest absolute Gasteiger partial charge is 0.481 e. The van der Waals surface area contributed by atoms with Crippen molar-refractivity contribution in [2.45, 2.75) is 114 Å². The van der Waals surface area contributed by atoms with Crippen LogP contribution in [0.15, 0.2) is 12.2 Å². The molecular weight excluding hydrogens is 958 g/mol. The number of carbonyl (C=O) groups is 7. The van der Waals surface area contributed by atoms with E-state index in [4.69, 9.17) is 52.5 Å². The van der Waals surface area contributed by atoms with E-state index in [2.05, 4.69) is 10.6 Å². The summed E-state index contributed by atoms with van der Waals surface area (Å²) in [5.74, 6) is -4.04. The average Bonchev–Trinajstić information content (AvgIpc) is 3.69. The van der Waals surface area contributed by atoms with Crippen LogP contribution in [0.5, 0.6) is 0 Å². The lowest BCUT2D eigenvalue weighted by atomic mass is 10.2. The standard InChI is InChI=1S/C43H73N3O25/c1-44-33(54)8-5-10-38(60)63-26-32(28-66-42(22-52)69-30(19-49)24-65-41(21-51)68-29(17-47)18-48)71-43(23-53)67-27-31(25-64-39(61)11-6-9-37(58)59)70-40(20-50)62-16-14-45-34(55)7-3-2-4-15-46-35(56)12-13-36(46)57/h12-13,29-32,40-43,47-53H,2-11,14-28H2,1H3,(H,44,54)(H,45,55)(H,58,59). The zero-order valence-corrected chi connectivity index (χ0v) is 39.9. The first-order valence-electron chi connectivity index (χ1n) is 23.0. The van der Waals surface area contributed by atoms with Gasteiger partial charge in [-0.1, -0.05) is 6.42 Å². The number of imide groups is 1. The fourth-order valence-electron chi connectivity index (χ4n) is 5.85. The average molecular weight is 1030 g/mol. The highest BCUT2D eigenvalue weighted by Crippen LogP contribution is 2.13. The van der Waals surface area contributed by atoms with E-state index in [0.717, 1.165) is 4.90 Å². The first-order valence-corrected chi connectivity index (χ1v) is 23.0. The van der Waals surface area contributed by atoms with Crippen LogP contribution in [0.3, 0.4) is 0 Å². The van der Waals surface area contributed by atoms with E-state index in [1.807, 2.05) is 0 Å². The van der Waals surface area contributed by atoms with Gasteiger partial charge in [-0.3, -0.25) is 38.5 Å². The van der Waals surface area contributed by atoms with Crippen LogP contribution in [-0.4, -0.2) is 243 Å². The predicted molar refractivity (Wildman–Crippen MR) is 237 cm³/mol. The zero-order valence-electron chi connectivity index (χ0n) is 39.9. The number of ether oxygens (including phenoxy) is 10. The van der Waals surface area contributed by atoms with Crippen molar-refractivity contribution in [3.8, 4) is 0 Å². The monoisotopic (exact) mass is 1030 g/mol. The summed E-state index contributed by atoms with van der Waals surface area (Å²) in [5.41, 5.74) is 0. The van der Waals surface area contributed by atoms with Crippen molar-refractivity contribution in [1.82, 2.24) is 15.5 Å². The number of hydrogen-bond acceptors (Lipinski definition) is 24. The second kappa shape index (κ2) is 40.2. The van der Waals surface area contributed by atoms with Crippen LogP contribution in [0.4, 0.5) is 0 Å². The Balaban J connectivity index is 2.98. The summed E-state index contributed by atoms with van der Waals surface area (Å²) in [7, 11) is 1.43. The maximum absolute atomic E-state index is 12.6. The van der Waals surface area contributed by atoms with E-state index in [0.29, 0.717) is 19.3 Å². The molecule has 0 saturated heterocycles. The van der Waals surface area contributed by atoms with Gasteiger partial charge in [0.15, 0.2) is 25.2 Å². The number of carbonyl (C=O) groups excluding carboxylic acids is 6. The SMILES string of the molecule is CNC(=O)CCCC(=O)OCC(COC(CO)OC(CO)COC(CO)OC(CO)CO)OC(CO)OCC(COC(=O)CCCC(=O)O)OC(CO)OCCNC(=O)CCCCCN1C(=O)C=CC1=O. The van der Waals surface area contributed by atoms with Crippen molar-refractivity contribution in [2.75, 3.05) is 106 Å². The first kappa shape index (κ1) is 64.6. The summed E-state index contributed by atoms with van der Waals surface area (Å²) in [4.78, 5) is 84.3. The highest BCUT2D eigenvalue weighted by atomic mass is 16.7. The Morgan fingerprint density at radius 1 is 0.507 bits per heavy atom. The number of carboxylic acid groups (broad SMARTS) is 1. The molecule has 1 aliphatic rings. The number of carboxylic acids is 1. The second-order valence-electron chi connectivity index (χ2n) is 15.4. The fourth-order valence-corrected chi connectivity index (χ4v) is 5.85. The summed E-state index contributed by atoms with van der Waals surface area (Å²) in [5, 5.41) is 82.3. The van der Waals surface area contributed by atoms with Crippen LogP contribution in [0.1, 0.15) is 64.2 Å². The molecule has 7 unspecified atom stereocenters. The number of esters is 2. The van der Waals surface area contributed by atoms with Crippen LogP contribution in [0, 0.1) is 0 Å². The van der Waals surface area contributed by atoms with Gasteiger partial charge >= 0.3 is 17.9 Å². The smallest absolute Gasteiger partial charge is 0.305 e. The third-order valence-corrected chi connectivity index (χ3v) is 9.60. The Bertz CT molecular complexity index is 1540. The molecule has 0 aromatic carbocycles. The molecule has 4 amide bonds. The molecule has 28 nitrogen and oxygen atoms in total. The lowest BCUT2D eigenvalue weighted by Gasteiger charge is -2.29. The van der Waals surface area contributed by atoms with Crippen molar-refractivity contribution in [1.29, 1.82) is 0 Å². The Hall–Kier alpha value is -4.37. The van der Waals surface area contributed by atoms with Crippen LogP contribution in [0.2, 0.25) is 0 Å². The highest BCUT2D eigenvalue weighted by Gasteiger charge is 2.27. The number of nitrogens with zero attached hydrogens (tertiary/aromatic N) is 1. The van der Waals surface area contributed by atoms with Gasteiger partial charge in [0.25, 0.3) is 11.8 Å². The molecule has 1 aliphatic heterocycles. The summed E-state index contributed by atoms with van der Waals surface area (Å²) < 4.78 is 55.3. The highest BCUT2D eigenvalue weighted by molar-refractivity contribution is 6.12. The molecular formula is C43H73N3O25. The van der Waals surface area contributed by atoms with Crippen LogP contribution in [0.25, 0.3) is 0 Å². The Kier molecular flexibility index (Phi) is 36.6. The summed E-state index contributed by atoms with van der Waals surface area (Å²) in [6.45, 7) is -7.42.